The molecule has 0 radical (unpaired) electrons. The summed E-state index contributed by atoms with van der Waals surface area (Å²) in [5.41, 5.74) is 0.452. The number of carbonyl (C=O) groups is 1. The molecule has 0 N–H and O–H groups in total. The number of hydrogen-bond acceptors (Lipinski definition) is 2. The summed E-state index contributed by atoms with van der Waals surface area (Å²) in [6, 6.07) is 0. The molecule has 0 heterocycles. The van der Waals surface area contributed by atoms with E-state index < -0.39 is 0 Å². The van der Waals surface area contributed by atoms with Crippen LogP contribution in [0.3, 0.4) is 0 Å². The summed E-state index contributed by atoms with van der Waals surface area (Å²) >= 11 is 0. The Morgan fingerprint density at radius 3 is 2.65 bits per heavy atom. The molecule has 17 heavy (non-hydrogen) atoms. The van der Waals surface area contributed by atoms with Gasteiger partial charge in [-0.05, 0) is 43.4 Å². The Labute approximate surface area is 106 Å². The van der Waals surface area contributed by atoms with Gasteiger partial charge in [0.2, 0.25) is 0 Å². The van der Waals surface area contributed by atoms with Gasteiger partial charge in [0.25, 0.3) is 0 Å². The van der Waals surface area contributed by atoms with Crippen LogP contribution in [-0.4, -0.2) is 12.1 Å². The first-order valence-electron chi connectivity index (χ1n) is 7.00. The highest BCUT2D eigenvalue weighted by Gasteiger charge is 2.36. The Kier molecular flexibility index (Phi) is 5.03. The lowest BCUT2D eigenvalue weighted by Gasteiger charge is -2.43. The second-order valence-corrected chi connectivity index (χ2v) is 6.46. The van der Waals surface area contributed by atoms with Gasteiger partial charge in [-0.2, -0.15) is 0 Å². The first-order valence-corrected chi connectivity index (χ1v) is 7.00. The molecule has 0 saturated heterocycles. The minimum atomic E-state index is -0.159. The summed E-state index contributed by atoms with van der Waals surface area (Å²) < 4.78 is 5.21. The molecule has 2 heteroatoms. The van der Waals surface area contributed by atoms with Gasteiger partial charge < -0.3 is 4.74 Å². The van der Waals surface area contributed by atoms with E-state index in [0.29, 0.717) is 5.41 Å². The maximum atomic E-state index is 10.9. The SMILES string of the molecule is CC(=O)O[C@H](C)CC[C@@H]1[C@@H](C)CCCC1(C)C. The second-order valence-electron chi connectivity index (χ2n) is 6.46. The molecule has 0 bridgehead atoms. The van der Waals surface area contributed by atoms with Gasteiger partial charge in [-0.15, -0.1) is 0 Å². The molecule has 1 rings (SSSR count). The first kappa shape index (κ1) is 14.5. The van der Waals surface area contributed by atoms with Crippen molar-refractivity contribution in [2.45, 2.75) is 72.8 Å². The molecular weight excluding hydrogens is 212 g/mol. The van der Waals surface area contributed by atoms with E-state index in [4.69, 9.17) is 4.74 Å². The molecule has 2 nitrogen and oxygen atoms in total. The third-order valence-electron chi connectivity index (χ3n) is 4.42. The lowest BCUT2D eigenvalue weighted by Crippen LogP contribution is -2.34. The van der Waals surface area contributed by atoms with Crippen LogP contribution >= 0.6 is 0 Å². The first-order chi connectivity index (χ1) is 7.83. The average molecular weight is 240 g/mol. The standard InChI is InChI=1S/C15H28O2/c1-11-7-6-10-15(4,5)14(11)9-8-12(2)17-13(3)16/h11-12,14H,6-10H2,1-5H3/t11-,12+,14+/m0/s1. The molecule has 0 amide bonds. The van der Waals surface area contributed by atoms with Crippen LogP contribution in [0, 0.1) is 17.3 Å². The van der Waals surface area contributed by atoms with Crippen LogP contribution < -0.4 is 0 Å². The van der Waals surface area contributed by atoms with Crippen LogP contribution in [0.25, 0.3) is 0 Å². The summed E-state index contributed by atoms with van der Waals surface area (Å²) in [6.45, 7) is 10.7. The van der Waals surface area contributed by atoms with E-state index >= 15 is 0 Å². The van der Waals surface area contributed by atoms with Crippen LogP contribution in [0.2, 0.25) is 0 Å². The number of carbonyl (C=O) groups excluding carboxylic acids is 1. The molecule has 1 fully saturated rings. The molecule has 1 aliphatic rings. The van der Waals surface area contributed by atoms with Crippen LogP contribution in [0.5, 0.6) is 0 Å². The Bertz CT molecular complexity index is 258. The molecule has 0 aromatic heterocycles. The average Bonchev–Trinajstić information content (AvgIpc) is 2.14. The highest BCUT2D eigenvalue weighted by atomic mass is 16.5. The molecule has 0 aromatic rings. The molecule has 1 aliphatic carbocycles. The third-order valence-corrected chi connectivity index (χ3v) is 4.42. The zero-order valence-electron chi connectivity index (χ0n) is 12.1. The Hall–Kier alpha value is -0.530. The molecular formula is C15H28O2. The minimum absolute atomic E-state index is 0.0671. The van der Waals surface area contributed by atoms with Crippen molar-refractivity contribution in [3.8, 4) is 0 Å². The Morgan fingerprint density at radius 1 is 1.47 bits per heavy atom. The van der Waals surface area contributed by atoms with Gasteiger partial charge in [-0.25, -0.2) is 0 Å². The molecule has 0 aliphatic heterocycles. The molecule has 0 aromatic carbocycles. The summed E-state index contributed by atoms with van der Waals surface area (Å²) in [5.74, 6) is 1.42. The monoisotopic (exact) mass is 240 g/mol. The van der Waals surface area contributed by atoms with Crippen LogP contribution in [0.1, 0.15) is 66.7 Å². The van der Waals surface area contributed by atoms with Crippen LogP contribution in [-0.2, 0) is 9.53 Å². The maximum Gasteiger partial charge on any atom is 0.302 e. The summed E-state index contributed by atoms with van der Waals surface area (Å²) in [4.78, 5) is 10.9. The molecule has 3 atom stereocenters. The van der Waals surface area contributed by atoms with Gasteiger partial charge in [-0.3, -0.25) is 4.79 Å². The molecule has 0 unspecified atom stereocenters. The summed E-state index contributed by atoms with van der Waals surface area (Å²) in [5, 5.41) is 0. The third kappa shape index (κ3) is 4.33. The van der Waals surface area contributed by atoms with Crippen molar-refractivity contribution < 1.29 is 9.53 Å². The highest BCUT2D eigenvalue weighted by molar-refractivity contribution is 5.66. The van der Waals surface area contributed by atoms with Crippen LogP contribution in [0.4, 0.5) is 0 Å². The van der Waals surface area contributed by atoms with E-state index in [9.17, 15) is 4.79 Å². The quantitative estimate of drug-likeness (QED) is 0.689. The summed E-state index contributed by atoms with van der Waals surface area (Å²) in [7, 11) is 0. The summed E-state index contributed by atoms with van der Waals surface area (Å²) in [6.07, 6.45) is 6.31. The van der Waals surface area contributed by atoms with E-state index in [-0.39, 0.29) is 12.1 Å². The predicted octanol–water partition coefficient (Wildman–Crippen LogP) is 4.18. The van der Waals surface area contributed by atoms with Gasteiger partial charge in [0.05, 0.1) is 6.10 Å². The smallest absolute Gasteiger partial charge is 0.302 e. The van der Waals surface area contributed by atoms with Gasteiger partial charge in [0, 0.05) is 6.92 Å². The fourth-order valence-corrected chi connectivity index (χ4v) is 3.47. The van der Waals surface area contributed by atoms with Crippen molar-refractivity contribution in [3.63, 3.8) is 0 Å². The Morgan fingerprint density at radius 2 is 2.12 bits per heavy atom. The van der Waals surface area contributed by atoms with Crippen molar-refractivity contribution in [2.75, 3.05) is 0 Å². The number of ether oxygens (including phenoxy) is 1. The van der Waals surface area contributed by atoms with E-state index in [1.54, 1.807) is 0 Å². The fraction of sp³-hybridized carbons (Fsp3) is 0.933. The van der Waals surface area contributed by atoms with Crippen molar-refractivity contribution >= 4 is 5.97 Å². The van der Waals surface area contributed by atoms with Gasteiger partial charge in [-0.1, -0.05) is 33.6 Å². The maximum absolute atomic E-state index is 10.9. The number of esters is 1. The largest absolute Gasteiger partial charge is 0.463 e. The fourth-order valence-electron chi connectivity index (χ4n) is 3.47. The second kappa shape index (κ2) is 5.88. The zero-order chi connectivity index (χ0) is 13.1. The topological polar surface area (TPSA) is 26.3 Å². The number of hydrogen-bond donors (Lipinski definition) is 0. The molecule has 0 spiro atoms. The van der Waals surface area contributed by atoms with Gasteiger partial charge in [0.15, 0.2) is 0 Å². The lowest BCUT2D eigenvalue weighted by atomic mass is 9.62. The van der Waals surface area contributed by atoms with Crippen molar-refractivity contribution in [1.29, 1.82) is 0 Å². The lowest BCUT2D eigenvalue weighted by molar-refractivity contribution is -0.146. The Balaban J connectivity index is 2.45. The van der Waals surface area contributed by atoms with E-state index in [0.717, 1.165) is 18.3 Å². The highest BCUT2D eigenvalue weighted by Crippen LogP contribution is 2.46. The van der Waals surface area contributed by atoms with Gasteiger partial charge in [0.1, 0.15) is 0 Å². The van der Waals surface area contributed by atoms with Gasteiger partial charge >= 0.3 is 5.97 Å². The minimum Gasteiger partial charge on any atom is -0.463 e. The molecule has 100 valence electrons. The van der Waals surface area contributed by atoms with E-state index in [2.05, 4.69) is 20.8 Å². The molecule has 1 saturated carbocycles. The zero-order valence-corrected chi connectivity index (χ0v) is 12.1. The van der Waals surface area contributed by atoms with Crippen molar-refractivity contribution in [1.82, 2.24) is 0 Å². The predicted molar refractivity (Wildman–Crippen MR) is 70.7 cm³/mol. The van der Waals surface area contributed by atoms with Crippen molar-refractivity contribution in [2.24, 2.45) is 17.3 Å². The van der Waals surface area contributed by atoms with Crippen molar-refractivity contribution in [3.05, 3.63) is 0 Å². The van der Waals surface area contributed by atoms with Crippen LogP contribution in [0.15, 0.2) is 0 Å². The van der Waals surface area contributed by atoms with E-state index in [1.807, 2.05) is 6.92 Å². The normalized spacial score (nSPS) is 29.7. The van der Waals surface area contributed by atoms with E-state index in [1.165, 1.54) is 32.6 Å². The number of rotatable bonds is 4.